The van der Waals surface area contributed by atoms with Crippen LogP contribution in [0, 0.1) is 5.92 Å². The van der Waals surface area contributed by atoms with Crippen molar-refractivity contribution in [2.75, 3.05) is 0 Å². The molecule has 2 unspecified atom stereocenters. The molecule has 5 heteroatoms. The minimum atomic E-state index is -1.03. The van der Waals surface area contributed by atoms with Crippen LogP contribution in [0.5, 0.6) is 0 Å². The van der Waals surface area contributed by atoms with Crippen molar-refractivity contribution in [3.05, 3.63) is 12.2 Å². The molecule has 0 aromatic rings. The van der Waals surface area contributed by atoms with Gasteiger partial charge in [0.1, 0.15) is 11.6 Å². The molecule has 0 heterocycles. The molecular weight excluding hydrogens is 222 g/mol. The van der Waals surface area contributed by atoms with Crippen molar-refractivity contribution in [2.24, 2.45) is 5.92 Å². The van der Waals surface area contributed by atoms with Gasteiger partial charge in [0.2, 0.25) is 0 Å². The number of nitrogens with one attached hydrogen (secondary N) is 1. The Bertz CT molecular complexity index is 330. The zero-order valence-corrected chi connectivity index (χ0v) is 10.4. The molecule has 0 saturated carbocycles. The van der Waals surface area contributed by atoms with E-state index in [2.05, 4.69) is 5.32 Å². The fourth-order valence-electron chi connectivity index (χ4n) is 1.72. The van der Waals surface area contributed by atoms with Gasteiger partial charge in [-0.15, -0.1) is 0 Å². The highest BCUT2D eigenvalue weighted by Gasteiger charge is 2.30. The van der Waals surface area contributed by atoms with Crippen LogP contribution in [0.4, 0.5) is 4.79 Å². The Hall–Kier alpha value is -1.52. The maximum Gasteiger partial charge on any atom is 0.408 e. The lowest BCUT2D eigenvalue weighted by Gasteiger charge is -2.24. The van der Waals surface area contributed by atoms with Gasteiger partial charge in [0, 0.05) is 5.92 Å². The number of hydrogen-bond donors (Lipinski definition) is 2. The smallest absolute Gasteiger partial charge is 0.408 e. The fourth-order valence-corrected chi connectivity index (χ4v) is 1.72. The first-order chi connectivity index (χ1) is 7.79. The SMILES string of the molecule is CC(C)(C)OC(=O)NC(C(=O)O)C1C=CCC1. The molecule has 0 bridgehead atoms. The first-order valence-corrected chi connectivity index (χ1v) is 5.68. The third kappa shape index (κ3) is 4.46. The molecule has 2 N–H and O–H groups in total. The maximum atomic E-state index is 11.5. The van der Waals surface area contributed by atoms with Crippen LogP contribution in [0.1, 0.15) is 33.6 Å². The van der Waals surface area contributed by atoms with Crippen LogP contribution in [0.2, 0.25) is 0 Å². The number of rotatable bonds is 3. The second-order valence-electron chi connectivity index (χ2n) is 5.13. The summed E-state index contributed by atoms with van der Waals surface area (Å²) in [5.41, 5.74) is -0.626. The van der Waals surface area contributed by atoms with Gasteiger partial charge in [-0.3, -0.25) is 0 Å². The molecule has 5 nitrogen and oxygen atoms in total. The topological polar surface area (TPSA) is 75.6 Å². The van der Waals surface area contributed by atoms with Gasteiger partial charge in [0.25, 0.3) is 0 Å². The molecule has 0 spiro atoms. The Morgan fingerprint density at radius 3 is 2.53 bits per heavy atom. The van der Waals surface area contributed by atoms with E-state index in [4.69, 9.17) is 9.84 Å². The number of alkyl carbamates (subject to hydrolysis) is 1. The zero-order valence-electron chi connectivity index (χ0n) is 10.4. The fraction of sp³-hybridized carbons (Fsp3) is 0.667. The number of ether oxygens (including phenoxy) is 1. The van der Waals surface area contributed by atoms with Crippen molar-refractivity contribution < 1.29 is 19.4 Å². The molecule has 0 aromatic carbocycles. The Labute approximate surface area is 101 Å². The van der Waals surface area contributed by atoms with Crippen LogP contribution in [0.15, 0.2) is 12.2 Å². The van der Waals surface area contributed by atoms with E-state index in [1.54, 1.807) is 20.8 Å². The first-order valence-electron chi connectivity index (χ1n) is 5.68. The van der Waals surface area contributed by atoms with Crippen molar-refractivity contribution in [1.29, 1.82) is 0 Å². The largest absolute Gasteiger partial charge is 0.480 e. The summed E-state index contributed by atoms with van der Waals surface area (Å²) in [6.07, 6.45) is 4.66. The standard InChI is InChI=1S/C12H19NO4/c1-12(2,3)17-11(16)13-9(10(14)15)8-6-4-5-7-8/h4,6,8-9H,5,7H2,1-3H3,(H,13,16)(H,14,15). The molecule has 0 fully saturated rings. The Balaban J connectivity index is 2.58. The summed E-state index contributed by atoms with van der Waals surface area (Å²) in [6, 6.07) is -0.913. The Kier molecular flexibility index (Phi) is 4.15. The number of aliphatic carboxylic acids is 1. The van der Waals surface area contributed by atoms with E-state index in [0.717, 1.165) is 12.8 Å². The molecule has 0 aliphatic heterocycles. The highest BCUT2D eigenvalue weighted by Crippen LogP contribution is 2.21. The van der Waals surface area contributed by atoms with Crippen molar-refractivity contribution in [3.8, 4) is 0 Å². The van der Waals surface area contributed by atoms with E-state index >= 15 is 0 Å². The number of amides is 1. The summed E-state index contributed by atoms with van der Waals surface area (Å²) < 4.78 is 5.04. The predicted octanol–water partition coefficient (Wildman–Crippen LogP) is 1.93. The zero-order chi connectivity index (χ0) is 13.1. The van der Waals surface area contributed by atoms with Crippen LogP contribution in [-0.4, -0.2) is 28.8 Å². The quantitative estimate of drug-likeness (QED) is 0.740. The summed E-state index contributed by atoms with van der Waals surface area (Å²) in [7, 11) is 0. The normalized spacial score (nSPS) is 21.0. The molecule has 2 atom stereocenters. The molecule has 17 heavy (non-hydrogen) atoms. The third-order valence-electron chi connectivity index (χ3n) is 2.42. The number of carbonyl (C=O) groups is 2. The monoisotopic (exact) mass is 241 g/mol. The number of carboxylic acid groups (broad SMARTS) is 1. The molecule has 0 aromatic heterocycles. The molecule has 1 rings (SSSR count). The van der Waals surface area contributed by atoms with Gasteiger partial charge in [0.05, 0.1) is 0 Å². The van der Waals surface area contributed by atoms with E-state index in [0.29, 0.717) is 0 Å². The third-order valence-corrected chi connectivity index (χ3v) is 2.42. The molecule has 1 amide bonds. The van der Waals surface area contributed by atoms with Crippen molar-refractivity contribution >= 4 is 12.1 Å². The lowest BCUT2D eigenvalue weighted by atomic mass is 10.00. The maximum absolute atomic E-state index is 11.5. The van der Waals surface area contributed by atoms with Crippen LogP contribution in [0.3, 0.4) is 0 Å². The van der Waals surface area contributed by atoms with Gasteiger partial charge in [0.15, 0.2) is 0 Å². The average molecular weight is 241 g/mol. The van der Waals surface area contributed by atoms with E-state index in [1.165, 1.54) is 0 Å². The minimum absolute atomic E-state index is 0.153. The Morgan fingerprint density at radius 2 is 2.12 bits per heavy atom. The minimum Gasteiger partial charge on any atom is -0.480 e. The highest BCUT2D eigenvalue weighted by atomic mass is 16.6. The van der Waals surface area contributed by atoms with Gasteiger partial charge in [-0.05, 0) is 33.6 Å². The van der Waals surface area contributed by atoms with Crippen molar-refractivity contribution in [3.63, 3.8) is 0 Å². The number of hydrogen-bond acceptors (Lipinski definition) is 3. The number of carbonyl (C=O) groups excluding carboxylic acids is 1. The number of allylic oxidation sites excluding steroid dienone is 1. The van der Waals surface area contributed by atoms with E-state index in [1.807, 2.05) is 12.2 Å². The van der Waals surface area contributed by atoms with E-state index in [-0.39, 0.29) is 5.92 Å². The second kappa shape index (κ2) is 5.21. The average Bonchev–Trinajstić information content (AvgIpc) is 2.63. The molecule has 0 saturated heterocycles. The Morgan fingerprint density at radius 1 is 1.47 bits per heavy atom. The summed E-state index contributed by atoms with van der Waals surface area (Å²) in [5.74, 6) is -1.19. The van der Waals surface area contributed by atoms with Gasteiger partial charge in [-0.25, -0.2) is 9.59 Å². The van der Waals surface area contributed by atoms with Crippen molar-refractivity contribution in [2.45, 2.75) is 45.3 Å². The lowest BCUT2D eigenvalue weighted by Crippen LogP contribution is -2.46. The second-order valence-corrected chi connectivity index (χ2v) is 5.13. The predicted molar refractivity (Wildman–Crippen MR) is 62.7 cm³/mol. The van der Waals surface area contributed by atoms with Gasteiger partial charge >= 0.3 is 12.1 Å². The summed E-state index contributed by atoms with van der Waals surface area (Å²) in [5, 5.41) is 11.5. The molecule has 96 valence electrons. The summed E-state index contributed by atoms with van der Waals surface area (Å²) in [4.78, 5) is 22.6. The first kappa shape index (κ1) is 13.5. The van der Waals surface area contributed by atoms with Gasteiger partial charge in [-0.1, -0.05) is 12.2 Å². The summed E-state index contributed by atoms with van der Waals surface area (Å²) >= 11 is 0. The van der Waals surface area contributed by atoms with Crippen LogP contribution >= 0.6 is 0 Å². The van der Waals surface area contributed by atoms with Crippen LogP contribution in [-0.2, 0) is 9.53 Å². The molecule has 0 radical (unpaired) electrons. The van der Waals surface area contributed by atoms with E-state index < -0.39 is 23.7 Å². The van der Waals surface area contributed by atoms with Crippen molar-refractivity contribution in [1.82, 2.24) is 5.32 Å². The lowest BCUT2D eigenvalue weighted by molar-refractivity contribution is -0.140. The molecule has 1 aliphatic carbocycles. The van der Waals surface area contributed by atoms with Crippen LogP contribution in [0.25, 0.3) is 0 Å². The molecule has 1 aliphatic rings. The van der Waals surface area contributed by atoms with Gasteiger partial charge < -0.3 is 15.2 Å². The van der Waals surface area contributed by atoms with Crippen LogP contribution < -0.4 is 5.32 Å². The highest BCUT2D eigenvalue weighted by molar-refractivity contribution is 5.80. The van der Waals surface area contributed by atoms with E-state index in [9.17, 15) is 9.59 Å². The van der Waals surface area contributed by atoms with Gasteiger partial charge in [-0.2, -0.15) is 0 Å². The molecular formula is C12H19NO4. The number of carboxylic acids is 1. The summed E-state index contributed by atoms with van der Waals surface area (Å²) in [6.45, 7) is 5.20.